The van der Waals surface area contributed by atoms with Crippen molar-refractivity contribution in [2.45, 2.75) is 19.0 Å². The van der Waals surface area contributed by atoms with Crippen LogP contribution in [0.1, 0.15) is 12.5 Å². The number of aromatic nitrogens is 1. The smallest absolute Gasteiger partial charge is 0.124 e. The van der Waals surface area contributed by atoms with E-state index in [1.807, 2.05) is 0 Å². The molecule has 0 saturated carbocycles. The molecule has 66 valence electrons. The highest BCUT2D eigenvalue weighted by molar-refractivity contribution is 5.12. The predicted molar refractivity (Wildman–Crippen MR) is 46.5 cm³/mol. The number of alkyl halides is 1. The lowest BCUT2D eigenvalue weighted by molar-refractivity contribution is 0.200. The fraction of sp³-hybridized carbons (Fsp3) is 0.444. The van der Waals surface area contributed by atoms with Gasteiger partial charge in [-0.1, -0.05) is 0 Å². The van der Waals surface area contributed by atoms with Crippen LogP contribution in [-0.2, 0) is 6.42 Å². The molecule has 3 heteroatoms. The van der Waals surface area contributed by atoms with E-state index in [9.17, 15) is 4.39 Å². The number of halogens is 1. The van der Waals surface area contributed by atoms with E-state index in [1.165, 1.54) is 6.92 Å². The van der Waals surface area contributed by atoms with Gasteiger partial charge >= 0.3 is 0 Å². The summed E-state index contributed by atoms with van der Waals surface area (Å²) < 4.78 is 13.4. The molecule has 1 atom stereocenters. The third-order valence-corrected chi connectivity index (χ3v) is 1.75. The molecule has 1 unspecified atom stereocenters. The zero-order chi connectivity index (χ0) is 9.03. The number of rotatable bonds is 3. The van der Waals surface area contributed by atoms with Crippen molar-refractivity contribution in [2.75, 3.05) is 6.54 Å². The van der Waals surface area contributed by atoms with E-state index in [-0.39, 0.29) is 6.54 Å². The molecular weight excluding hydrogens is 155 g/mol. The van der Waals surface area contributed by atoms with Gasteiger partial charge in [-0.3, -0.25) is 4.98 Å². The third-order valence-electron chi connectivity index (χ3n) is 1.75. The Kier molecular flexibility index (Phi) is 2.76. The zero-order valence-electron chi connectivity index (χ0n) is 7.13. The Morgan fingerprint density at radius 2 is 2.08 bits per heavy atom. The Labute approximate surface area is 71.6 Å². The summed E-state index contributed by atoms with van der Waals surface area (Å²) in [6.07, 6.45) is 3.66. The molecule has 12 heavy (non-hydrogen) atoms. The molecule has 0 aliphatic heterocycles. The lowest BCUT2D eigenvalue weighted by Gasteiger charge is -2.17. The molecule has 0 radical (unpaired) electrons. The second-order valence-electron chi connectivity index (χ2n) is 3.15. The fourth-order valence-corrected chi connectivity index (χ4v) is 0.998. The van der Waals surface area contributed by atoms with Gasteiger partial charge in [-0.05, 0) is 24.6 Å². The maximum atomic E-state index is 13.4. The van der Waals surface area contributed by atoms with Gasteiger partial charge < -0.3 is 5.73 Å². The molecule has 0 amide bonds. The molecule has 2 nitrogen and oxygen atoms in total. The molecule has 1 aromatic heterocycles. The van der Waals surface area contributed by atoms with Gasteiger partial charge in [-0.2, -0.15) is 0 Å². The van der Waals surface area contributed by atoms with Gasteiger partial charge in [-0.25, -0.2) is 4.39 Å². The first kappa shape index (κ1) is 9.13. The lowest BCUT2D eigenvalue weighted by Crippen LogP contribution is -2.31. The van der Waals surface area contributed by atoms with Gasteiger partial charge in [0.2, 0.25) is 0 Å². The summed E-state index contributed by atoms with van der Waals surface area (Å²) in [5, 5.41) is 0. The Hall–Kier alpha value is -0.960. The van der Waals surface area contributed by atoms with E-state index in [0.29, 0.717) is 6.42 Å². The van der Waals surface area contributed by atoms with Crippen molar-refractivity contribution in [2.24, 2.45) is 5.73 Å². The first-order chi connectivity index (χ1) is 5.64. The Balaban J connectivity index is 2.64. The van der Waals surface area contributed by atoms with Crippen LogP contribution in [0.5, 0.6) is 0 Å². The van der Waals surface area contributed by atoms with Gasteiger partial charge in [0.25, 0.3) is 0 Å². The summed E-state index contributed by atoms with van der Waals surface area (Å²) in [6.45, 7) is 1.56. The molecular formula is C9H13FN2. The highest BCUT2D eigenvalue weighted by Gasteiger charge is 2.20. The van der Waals surface area contributed by atoms with Crippen LogP contribution in [0, 0.1) is 0 Å². The van der Waals surface area contributed by atoms with Crippen molar-refractivity contribution in [1.29, 1.82) is 0 Å². The maximum absolute atomic E-state index is 13.4. The third kappa shape index (κ3) is 2.58. The van der Waals surface area contributed by atoms with Crippen LogP contribution in [0.4, 0.5) is 4.39 Å². The minimum Gasteiger partial charge on any atom is -0.328 e. The molecule has 2 N–H and O–H groups in total. The van der Waals surface area contributed by atoms with Gasteiger partial charge in [0.1, 0.15) is 5.67 Å². The Morgan fingerprint density at radius 1 is 1.50 bits per heavy atom. The van der Waals surface area contributed by atoms with Crippen molar-refractivity contribution in [3.8, 4) is 0 Å². The molecule has 0 spiro atoms. The molecule has 0 bridgehead atoms. The normalized spacial score (nSPS) is 15.6. The average molecular weight is 168 g/mol. The average Bonchev–Trinajstić information content (AvgIpc) is 2.06. The van der Waals surface area contributed by atoms with Crippen LogP contribution in [0.15, 0.2) is 24.5 Å². The topological polar surface area (TPSA) is 38.9 Å². The van der Waals surface area contributed by atoms with Crippen LogP contribution >= 0.6 is 0 Å². The highest BCUT2D eigenvalue weighted by atomic mass is 19.1. The maximum Gasteiger partial charge on any atom is 0.124 e. The van der Waals surface area contributed by atoms with Gasteiger partial charge in [0, 0.05) is 25.4 Å². The minimum absolute atomic E-state index is 0.0509. The largest absolute Gasteiger partial charge is 0.328 e. The number of hydrogen-bond acceptors (Lipinski definition) is 2. The summed E-state index contributed by atoms with van der Waals surface area (Å²) in [5.74, 6) is 0. The fourth-order valence-electron chi connectivity index (χ4n) is 0.998. The molecule has 1 rings (SSSR count). The Bertz CT molecular complexity index is 234. The van der Waals surface area contributed by atoms with Crippen LogP contribution in [-0.4, -0.2) is 17.2 Å². The summed E-state index contributed by atoms with van der Waals surface area (Å²) in [6, 6.07) is 3.60. The second kappa shape index (κ2) is 3.63. The van der Waals surface area contributed by atoms with Crippen LogP contribution < -0.4 is 5.73 Å². The van der Waals surface area contributed by atoms with E-state index in [2.05, 4.69) is 4.98 Å². The minimum atomic E-state index is -1.30. The van der Waals surface area contributed by atoms with Gasteiger partial charge in [0.15, 0.2) is 0 Å². The van der Waals surface area contributed by atoms with E-state index in [4.69, 9.17) is 5.73 Å². The second-order valence-corrected chi connectivity index (χ2v) is 3.15. The number of nitrogens with zero attached hydrogens (tertiary/aromatic N) is 1. The Morgan fingerprint density at radius 3 is 2.58 bits per heavy atom. The molecule has 0 aromatic carbocycles. The van der Waals surface area contributed by atoms with E-state index in [1.54, 1.807) is 24.5 Å². The quantitative estimate of drug-likeness (QED) is 0.739. The summed E-state index contributed by atoms with van der Waals surface area (Å²) >= 11 is 0. The zero-order valence-corrected chi connectivity index (χ0v) is 7.13. The molecule has 1 aromatic rings. The van der Waals surface area contributed by atoms with E-state index in [0.717, 1.165) is 5.56 Å². The molecule has 0 saturated heterocycles. The van der Waals surface area contributed by atoms with Crippen molar-refractivity contribution in [1.82, 2.24) is 4.98 Å². The van der Waals surface area contributed by atoms with E-state index < -0.39 is 5.67 Å². The van der Waals surface area contributed by atoms with Crippen LogP contribution in [0.3, 0.4) is 0 Å². The van der Waals surface area contributed by atoms with Gasteiger partial charge in [-0.15, -0.1) is 0 Å². The summed E-state index contributed by atoms with van der Waals surface area (Å²) in [5.41, 5.74) is 4.89. The predicted octanol–water partition coefficient (Wildman–Crippen LogP) is 1.31. The number of nitrogens with two attached hydrogens (primary N) is 1. The molecule has 0 aliphatic carbocycles. The number of pyridine rings is 1. The van der Waals surface area contributed by atoms with Gasteiger partial charge in [0.05, 0.1) is 0 Å². The first-order valence-corrected chi connectivity index (χ1v) is 3.92. The first-order valence-electron chi connectivity index (χ1n) is 3.92. The highest BCUT2D eigenvalue weighted by Crippen LogP contribution is 2.15. The monoisotopic (exact) mass is 168 g/mol. The summed E-state index contributed by atoms with van der Waals surface area (Å²) in [4.78, 5) is 3.85. The van der Waals surface area contributed by atoms with Crippen LogP contribution in [0.25, 0.3) is 0 Å². The van der Waals surface area contributed by atoms with Crippen molar-refractivity contribution >= 4 is 0 Å². The lowest BCUT2D eigenvalue weighted by atomic mass is 9.99. The summed E-state index contributed by atoms with van der Waals surface area (Å²) in [7, 11) is 0. The van der Waals surface area contributed by atoms with Crippen LogP contribution in [0.2, 0.25) is 0 Å². The number of hydrogen-bond donors (Lipinski definition) is 1. The molecule has 1 heterocycles. The van der Waals surface area contributed by atoms with Crippen molar-refractivity contribution in [3.63, 3.8) is 0 Å². The SMILES string of the molecule is CC(F)(CN)Cc1ccncc1. The standard InChI is InChI=1S/C9H13FN2/c1-9(10,7-11)6-8-2-4-12-5-3-8/h2-5H,6-7,11H2,1H3. The molecule has 0 aliphatic rings. The van der Waals surface area contributed by atoms with E-state index >= 15 is 0 Å². The molecule has 0 fully saturated rings. The van der Waals surface area contributed by atoms with Crippen molar-refractivity contribution < 1.29 is 4.39 Å². The van der Waals surface area contributed by atoms with Crippen molar-refractivity contribution in [3.05, 3.63) is 30.1 Å².